The standard InChI is InChI=1S/C20H26N6O/c27-19(14-26-10-1-2-11-26)23-16-5-6-17(12-16)24-20-22-9-7-18(25-20)15-4-3-8-21-13-15/h3-4,7-9,13,16-17H,1-2,5-6,10-12,14H2,(H,23,27)(H,22,24,25)/t16-,17-/m0/s1. The van der Waals surface area contributed by atoms with Crippen molar-refractivity contribution in [3.63, 3.8) is 0 Å². The Morgan fingerprint density at radius 2 is 2.00 bits per heavy atom. The molecule has 0 spiro atoms. The lowest BCUT2D eigenvalue weighted by molar-refractivity contribution is -0.122. The molecule has 2 aliphatic rings. The van der Waals surface area contributed by atoms with E-state index < -0.39 is 0 Å². The van der Waals surface area contributed by atoms with Gasteiger partial charge in [-0.05, 0) is 63.4 Å². The fourth-order valence-electron chi connectivity index (χ4n) is 3.95. The lowest BCUT2D eigenvalue weighted by Crippen LogP contribution is -2.40. The van der Waals surface area contributed by atoms with Gasteiger partial charge in [0.05, 0.1) is 12.2 Å². The lowest BCUT2D eigenvalue weighted by atomic mass is 10.2. The molecule has 1 aliphatic carbocycles. The Morgan fingerprint density at radius 3 is 2.81 bits per heavy atom. The van der Waals surface area contributed by atoms with Gasteiger partial charge in [0.15, 0.2) is 0 Å². The molecule has 142 valence electrons. The molecule has 4 rings (SSSR count). The topological polar surface area (TPSA) is 83.0 Å². The fourth-order valence-corrected chi connectivity index (χ4v) is 3.95. The summed E-state index contributed by atoms with van der Waals surface area (Å²) in [7, 11) is 0. The maximum absolute atomic E-state index is 12.2. The Kier molecular flexibility index (Phi) is 5.58. The second-order valence-corrected chi connectivity index (χ2v) is 7.41. The number of carbonyl (C=O) groups excluding carboxylic acids is 1. The van der Waals surface area contributed by atoms with Crippen molar-refractivity contribution in [1.82, 2.24) is 25.2 Å². The van der Waals surface area contributed by atoms with E-state index in [1.807, 2.05) is 18.2 Å². The van der Waals surface area contributed by atoms with Crippen LogP contribution in [0, 0.1) is 0 Å². The summed E-state index contributed by atoms with van der Waals surface area (Å²) in [5.74, 6) is 0.780. The van der Waals surface area contributed by atoms with Crippen LogP contribution < -0.4 is 10.6 Å². The van der Waals surface area contributed by atoms with E-state index in [2.05, 4.69) is 30.5 Å². The Hall–Kier alpha value is -2.54. The molecule has 1 saturated carbocycles. The third-order valence-electron chi connectivity index (χ3n) is 5.31. The minimum atomic E-state index is 0.150. The van der Waals surface area contributed by atoms with Gasteiger partial charge in [-0.1, -0.05) is 0 Å². The number of likely N-dealkylation sites (tertiary alicyclic amines) is 1. The first-order chi connectivity index (χ1) is 13.3. The van der Waals surface area contributed by atoms with Gasteiger partial charge in [-0.2, -0.15) is 0 Å². The van der Waals surface area contributed by atoms with E-state index in [0.29, 0.717) is 12.5 Å². The zero-order valence-electron chi connectivity index (χ0n) is 15.5. The summed E-state index contributed by atoms with van der Waals surface area (Å²) in [5.41, 5.74) is 1.83. The third-order valence-corrected chi connectivity index (χ3v) is 5.31. The highest BCUT2D eigenvalue weighted by molar-refractivity contribution is 5.78. The van der Waals surface area contributed by atoms with Crippen molar-refractivity contribution in [2.24, 2.45) is 0 Å². The van der Waals surface area contributed by atoms with Crippen LogP contribution >= 0.6 is 0 Å². The summed E-state index contributed by atoms with van der Waals surface area (Å²) in [5, 5.41) is 6.61. The maximum atomic E-state index is 12.2. The minimum absolute atomic E-state index is 0.150. The molecule has 2 aromatic rings. The molecule has 1 aliphatic heterocycles. The number of pyridine rings is 1. The van der Waals surface area contributed by atoms with Crippen molar-refractivity contribution in [2.45, 2.75) is 44.2 Å². The van der Waals surface area contributed by atoms with Gasteiger partial charge in [-0.25, -0.2) is 9.97 Å². The molecule has 7 nitrogen and oxygen atoms in total. The number of carbonyl (C=O) groups is 1. The summed E-state index contributed by atoms with van der Waals surface area (Å²) in [4.78, 5) is 27.5. The fraction of sp³-hybridized carbons (Fsp3) is 0.500. The number of aromatic nitrogens is 3. The molecule has 2 fully saturated rings. The predicted octanol–water partition coefficient (Wildman–Crippen LogP) is 2.08. The molecule has 1 saturated heterocycles. The van der Waals surface area contributed by atoms with Gasteiger partial charge in [0, 0.05) is 36.2 Å². The molecule has 7 heteroatoms. The van der Waals surface area contributed by atoms with Gasteiger partial charge < -0.3 is 10.6 Å². The van der Waals surface area contributed by atoms with Crippen LogP contribution in [0.15, 0.2) is 36.8 Å². The van der Waals surface area contributed by atoms with Gasteiger partial charge in [0.2, 0.25) is 11.9 Å². The third kappa shape index (κ3) is 4.80. The summed E-state index contributed by atoms with van der Waals surface area (Å²) in [6.45, 7) is 2.63. The van der Waals surface area contributed by atoms with E-state index in [-0.39, 0.29) is 18.0 Å². The van der Waals surface area contributed by atoms with Crippen molar-refractivity contribution < 1.29 is 4.79 Å². The Morgan fingerprint density at radius 1 is 1.15 bits per heavy atom. The van der Waals surface area contributed by atoms with Crippen LogP contribution in [0.4, 0.5) is 5.95 Å². The van der Waals surface area contributed by atoms with Gasteiger partial charge in [0.25, 0.3) is 0 Å². The first-order valence-corrected chi connectivity index (χ1v) is 9.78. The monoisotopic (exact) mass is 366 g/mol. The number of hydrogen-bond donors (Lipinski definition) is 2. The van der Waals surface area contributed by atoms with Gasteiger partial charge in [0.1, 0.15) is 0 Å². The summed E-state index contributed by atoms with van der Waals surface area (Å²) in [6.07, 6.45) is 10.6. The van der Waals surface area contributed by atoms with Gasteiger partial charge in [-0.3, -0.25) is 14.7 Å². The maximum Gasteiger partial charge on any atom is 0.234 e. The number of anilines is 1. The summed E-state index contributed by atoms with van der Waals surface area (Å²) < 4.78 is 0. The number of nitrogens with one attached hydrogen (secondary N) is 2. The zero-order chi connectivity index (χ0) is 18.5. The highest BCUT2D eigenvalue weighted by atomic mass is 16.2. The van der Waals surface area contributed by atoms with Crippen LogP contribution in [0.2, 0.25) is 0 Å². The van der Waals surface area contributed by atoms with Crippen LogP contribution in [0.25, 0.3) is 11.3 Å². The molecule has 0 radical (unpaired) electrons. The average molecular weight is 366 g/mol. The summed E-state index contributed by atoms with van der Waals surface area (Å²) in [6, 6.07) is 6.29. The molecular formula is C20H26N6O. The van der Waals surface area contributed by atoms with Gasteiger partial charge >= 0.3 is 0 Å². The van der Waals surface area contributed by atoms with Crippen LogP contribution in [0.3, 0.4) is 0 Å². The van der Waals surface area contributed by atoms with E-state index in [1.54, 1.807) is 18.6 Å². The Bertz CT molecular complexity index is 762. The van der Waals surface area contributed by atoms with Crippen LogP contribution in [0.1, 0.15) is 32.1 Å². The molecule has 27 heavy (non-hydrogen) atoms. The predicted molar refractivity (Wildman–Crippen MR) is 104 cm³/mol. The highest BCUT2D eigenvalue weighted by Gasteiger charge is 2.27. The normalized spacial score (nSPS) is 22.7. The van der Waals surface area contributed by atoms with Crippen molar-refractivity contribution in [2.75, 3.05) is 25.0 Å². The smallest absolute Gasteiger partial charge is 0.234 e. The average Bonchev–Trinajstić information content (AvgIpc) is 3.35. The van der Waals surface area contributed by atoms with Crippen molar-refractivity contribution in [3.05, 3.63) is 36.8 Å². The molecule has 1 amide bonds. The molecule has 2 N–H and O–H groups in total. The lowest BCUT2D eigenvalue weighted by Gasteiger charge is -2.18. The van der Waals surface area contributed by atoms with Crippen molar-refractivity contribution in [1.29, 1.82) is 0 Å². The van der Waals surface area contributed by atoms with E-state index in [1.165, 1.54) is 12.8 Å². The molecule has 0 aromatic carbocycles. The molecular weight excluding hydrogens is 340 g/mol. The summed E-state index contributed by atoms with van der Waals surface area (Å²) >= 11 is 0. The number of rotatable bonds is 6. The quantitative estimate of drug-likeness (QED) is 0.814. The van der Waals surface area contributed by atoms with E-state index in [9.17, 15) is 4.79 Å². The molecule has 2 atom stereocenters. The minimum Gasteiger partial charge on any atom is -0.352 e. The largest absolute Gasteiger partial charge is 0.352 e. The molecule has 0 bridgehead atoms. The molecule has 0 unspecified atom stereocenters. The number of nitrogens with zero attached hydrogens (tertiary/aromatic N) is 4. The van der Waals surface area contributed by atoms with E-state index >= 15 is 0 Å². The van der Waals surface area contributed by atoms with Crippen LogP contribution in [-0.2, 0) is 4.79 Å². The first kappa shape index (κ1) is 17.9. The Labute approximate surface area is 159 Å². The molecule has 2 aromatic heterocycles. The van der Waals surface area contributed by atoms with Crippen LogP contribution in [0.5, 0.6) is 0 Å². The van der Waals surface area contributed by atoms with E-state index in [0.717, 1.165) is 43.6 Å². The SMILES string of the molecule is O=C(CN1CCCC1)N[C@H]1CC[C@H](Nc2nccc(-c3cccnc3)n2)C1. The highest BCUT2D eigenvalue weighted by Crippen LogP contribution is 2.23. The second kappa shape index (κ2) is 8.43. The van der Waals surface area contributed by atoms with Crippen molar-refractivity contribution >= 4 is 11.9 Å². The van der Waals surface area contributed by atoms with Crippen molar-refractivity contribution in [3.8, 4) is 11.3 Å². The Balaban J connectivity index is 1.29. The number of amides is 1. The number of hydrogen-bond acceptors (Lipinski definition) is 6. The second-order valence-electron chi connectivity index (χ2n) is 7.41. The van der Waals surface area contributed by atoms with Gasteiger partial charge in [-0.15, -0.1) is 0 Å². The molecule has 3 heterocycles. The zero-order valence-corrected chi connectivity index (χ0v) is 15.5. The van der Waals surface area contributed by atoms with E-state index in [4.69, 9.17) is 0 Å². The first-order valence-electron chi connectivity index (χ1n) is 9.78. The van der Waals surface area contributed by atoms with Crippen LogP contribution in [-0.4, -0.2) is 57.5 Å².